The number of rotatable bonds is 4. The number of hydrogen-bond donors (Lipinski definition) is 2. The Kier molecular flexibility index (Phi) is 3.87. The molecule has 21 heavy (non-hydrogen) atoms. The van der Waals surface area contributed by atoms with Crippen molar-refractivity contribution in [3.8, 4) is 0 Å². The van der Waals surface area contributed by atoms with E-state index in [1.165, 1.54) is 4.68 Å². The van der Waals surface area contributed by atoms with Gasteiger partial charge in [-0.05, 0) is 12.8 Å². The van der Waals surface area contributed by atoms with Crippen LogP contribution in [-0.4, -0.2) is 45.8 Å². The van der Waals surface area contributed by atoms with Crippen molar-refractivity contribution in [3.05, 3.63) is 5.82 Å². The van der Waals surface area contributed by atoms with Gasteiger partial charge in [-0.15, -0.1) is 0 Å². The third-order valence-electron chi connectivity index (χ3n) is 3.75. The number of aryl methyl sites for hydroxylation is 1. The molecule has 1 fully saturated rings. The summed E-state index contributed by atoms with van der Waals surface area (Å²) in [6.45, 7) is 3.15. The predicted molar refractivity (Wildman–Crippen MR) is 73.7 cm³/mol. The third kappa shape index (κ3) is 2.90. The Morgan fingerprint density at radius 3 is 3.14 bits per heavy atom. The minimum absolute atomic E-state index is 0.0767. The average molecular weight is 293 g/mol. The van der Waals surface area contributed by atoms with Gasteiger partial charge in [0.25, 0.3) is 0 Å². The highest BCUT2D eigenvalue weighted by Crippen LogP contribution is 2.23. The Morgan fingerprint density at radius 1 is 1.57 bits per heavy atom. The molecule has 114 valence electrons. The van der Waals surface area contributed by atoms with Crippen LogP contribution in [0.1, 0.15) is 38.1 Å². The van der Waals surface area contributed by atoms with Crippen molar-refractivity contribution in [3.63, 3.8) is 0 Å². The van der Waals surface area contributed by atoms with Crippen LogP contribution in [0.3, 0.4) is 0 Å². The number of aromatic nitrogens is 3. The number of ether oxygens (including phenoxy) is 1. The molecule has 1 aromatic rings. The fraction of sp³-hybridized carbons (Fsp3) is 0.692. The molecule has 1 saturated heterocycles. The summed E-state index contributed by atoms with van der Waals surface area (Å²) < 4.78 is 6.98. The molecule has 2 amide bonds. The van der Waals surface area contributed by atoms with Crippen LogP contribution in [0.2, 0.25) is 0 Å². The van der Waals surface area contributed by atoms with Crippen LogP contribution in [0.5, 0.6) is 0 Å². The summed E-state index contributed by atoms with van der Waals surface area (Å²) in [5.74, 6) is 0.536. The summed E-state index contributed by atoms with van der Waals surface area (Å²) in [6.07, 6.45) is 2.80. The van der Waals surface area contributed by atoms with Gasteiger partial charge in [0.05, 0.1) is 12.5 Å². The second kappa shape index (κ2) is 5.80. The van der Waals surface area contributed by atoms with Gasteiger partial charge in [-0.3, -0.25) is 14.9 Å². The number of anilines is 1. The lowest BCUT2D eigenvalue weighted by Gasteiger charge is -2.23. The highest BCUT2D eigenvalue weighted by atomic mass is 16.5. The minimum atomic E-state index is -0.636. The zero-order valence-corrected chi connectivity index (χ0v) is 12.0. The van der Waals surface area contributed by atoms with Crippen LogP contribution in [0.4, 0.5) is 5.95 Å². The molecule has 0 unspecified atom stereocenters. The molecule has 2 aliphatic rings. The van der Waals surface area contributed by atoms with Crippen LogP contribution >= 0.6 is 0 Å². The van der Waals surface area contributed by atoms with Crippen molar-refractivity contribution in [1.82, 2.24) is 20.1 Å². The monoisotopic (exact) mass is 293 g/mol. The molecule has 0 aromatic carbocycles. The standard InChI is InChI=1S/C13H19N5O3/c1-2-10-15-13-16-11(19)6-9(18(13)17-10)12(20)14-7-8-4-3-5-21-8/h8-9H,2-7H2,1H3,(H,14,20)(H,15,16,17,19)/t8-,9-/m0/s1. The van der Waals surface area contributed by atoms with Crippen LogP contribution in [-0.2, 0) is 20.7 Å². The summed E-state index contributed by atoms with van der Waals surface area (Å²) in [5, 5.41) is 9.78. The number of nitrogens with zero attached hydrogens (tertiary/aromatic N) is 3. The Balaban J connectivity index is 1.70. The van der Waals surface area contributed by atoms with Gasteiger partial charge in [-0.1, -0.05) is 6.92 Å². The van der Waals surface area contributed by atoms with Crippen molar-refractivity contribution in [1.29, 1.82) is 0 Å². The van der Waals surface area contributed by atoms with Crippen molar-refractivity contribution < 1.29 is 14.3 Å². The quantitative estimate of drug-likeness (QED) is 0.815. The first kappa shape index (κ1) is 14.0. The van der Waals surface area contributed by atoms with Crippen molar-refractivity contribution in [2.24, 2.45) is 0 Å². The van der Waals surface area contributed by atoms with Gasteiger partial charge in [-0.25, -0.2) is 4.68 Å². The first-order valence-corrected chi connectivity index (χ1v) is 7.32. The fourth-order valence-electron chi connectivity index (χ4n) is 2.60. The maximum atomic E-state index is 12.3. The molecule has 2 N–H and O–H groups in total. The molecule has 0 radical (unpaired) electrons. The Labute approximate surface area is 122 Å². The molecule has 0 aliphatic carbocycles. The number of nitrogens with one attached hydrogen (secondary N) is 2. The van der Waals surface area contributed by atoms with Crippen LogP contribution in [0.25, 0.3) is 0 Å². The molecule has 1 aromatic heterocycles. The summed E-state index contributed by atoms with van der Waals surface area (Å²) in [5.41, 5.74) is 0. The lowest BCUT2D eigenvalue weighted by atomic mass is 10.1. The van der Waals surface area contributed by atoms with Gasteiger partial charge in [0.15, 0.2) is 5.82 Å². The smallest absolute Gasteiger partial charge is 0.245 e. The first-order chi connectivity index (χ1) is 10.2. The van der Waals surface area contributed by atoms with Crippen LogP contribution < -0.4 is 10.6 Å². The number of amides is 2. The number of hydrogen-bond acceptors (Lipinski definition) is 5. The normalized spacial score (nSPS) is 24.5. The van der Waals surface area contributed by atoms with Gasteiger partial charge in [-0.2, -0.15) is 10.1 Å². The lowest BCUT2D eigenvalue weighted by Crippen LogP contribution is -2.41. The molecule has 3 rings (SSSR count). The zero-order chi connectivity index (χ0) is 14.8. The fourth-order valence-corrected chi connectivity index (χ4v) is 2.60. The van der Waals surface area contributed by atoms with Crippen LogP contribution in [0, 0.1) is 0 Å². The van der Waals surface area contributed by atoms with Gasteiger partial charge in [0.2, 0.25) is 17.8 Å². The van der Waals surface area contributed by atoms with Gasteiger partial charge >= 0.3 is 0 Å². The highest BCUT2D eigenvalue weighted by Gasteiger charge is 2.33. The van der Waals surface area contributed by atoms with E-state index < -0.39 is 6.04 Å². The topological polar surface area (TPSA) is 98.1 Å². The molecule has 3 heterocycles. The first-order valence-electron chi connectivity index (χ1n) is 7.32. The molecule has 8 nitrogen and oxygen atoms in total. The summed E-state index contributed by atoms with van der Waals surface area (Å²) in [4.78, 5) is 28.2. The molecule has 0 bridgehead atoms. The Hall–Kier alpha value is -1.96. The van der Waals surface area contributed by atoms with Crippen LogP contribution in [0.15, 0.2) is 0 Å². The molecular formula is C13H19N5O3. The van der Waals surface area contributed by atoms with E-state index in [1.807, 2.05) is 6.92 Å². The largest absolute Gasteiger partial charge is 0.376 e. The second-order valence-electron chi connectivity index (χ2n) is 5.30. The lowest BCUT2D eigenvalue weighted by molar-refractivity contribution is -0.129. The van der Waals surface area contributed by atoms with E-state index >= 15 is 0 Å². The summed E-state index contributed by atoms with van der Waals surface area (Å²) in [7, 11) is 0. The summed E-state index contributed by atoms with van der Waals surface area (Å²) >= 11 is 0. The van der Waals surface area contributed by atoms with E-state index in [-0.39, 0.29) is 24.3 Å². The number of fused-ring (bicyclic) bond motifs is 1. The maximum Gasteiger partial charge on any atom is 0.245 e. The second-order valence-corrected chi connectivity index (χ2v) is 5.30. The van der Waals surface area contributed by atoms with Gasteiger partial charge < -0.3 is 10.1 Å². The Morgan fingerprint density at radius 2 is 2.43 bits per heavy atom. The molecule has 2 atom stereocenters. The highest BCUT2D eigenvalue weighted by molar-refractivity contribution is 5.96. The molecule has 0 spiro atoms. The average Bonchev–Trinajstić information content (AvgIpc) is 3.12. The van der Waals surface area contributed by atoms with E-state index in [0.29, 0.717) is 24.7 Å². The zero-order valence-electron chi connectivity index (χ0n) is 12.0. The maximum absolute atomic E-state index is 12.3. The van der Waals surface area contributed by atoms with Gasteiger partial charge in [0, 0.05) is 19.6 Å². The third-order valence-corrected chi connectivity index (χ3v) is 3.75. The van der Waals surface area contributed by atoms with E-state index in [1.54, 1.807) is 0 Å². The van der Waals surface area contributed by atoms with Gasteiger partial charge in [0.1, 0.15) is 6.04 Å². The van der Waals surface area contributed by atoms with E-state index in [2.05, 4.69) is 20.7 Å². The SMILES string of the molecule is CCc1nc2n(n1)[C@H](C(=O)NC[C@@H]1CCCO1)CC(=O)N2. The summed E-state index contributed by atoms with van der Waals surface area (Å²) in [6, 6.07) is -0.636. The molecule has 2 aliphatic heterocycles. The molecule has 0 saturated carbocycles. The van der Waals surface area contributed by atoms with Crippen molar-refractivity contribution >= 4 is 17.8 Å². The van der Waals surface area contributed by atoms with E-state index in [4.69, 9.17) is 4.74 Å². The van der Waals surface area contributed by atoms with E-state index in [0.717, 1.165) is 19.4 Å². The molecule has 8 heteroatoms. The minimum Gasteiger partial charge on any atom is -0.376 e. The predicted octanol–water partition coefficient (Wildman–Crippen LogP) is 0.0190. The Bertz CT molecular complexity index is 550. The van der Waals surface area contributed by atoms with Crippen molar-refractivity contribution in [2.75, 3.05) is 18.5 Å². The number of carbonyl (C=O) groups is 2. The van der Waals surface area contributed by atoms with Crippen molar-refractivity contribution in [2.45, 2.75) is 44.8 Å². The van der Waals surface area contributed by atoms with E-state index in [9.17, 15) is 9.59 Å². The number of carbonyl (C=O) groups excluding carboxylic acids is 2. The molecular weight excluding hydrogens is 274 g/mol.